The number of nitrogens with zero attached hydrogens (tertiary/aromatic N) is 3. The van der Waals surface area contributed by atoms with Gasteiger partial charge in [-0.05, 0) is 18.2 Å². The molecular weight excluding hydrogens is 272 g/mol. The molecule has 0 aliphatic rings. The van der Waals surface area contributed by atoms with Crippen molar-refractivity contribution in [3.05, 3.63) is 57.8 Å². The fraction of sp³-hybridized carbons (Fsp3) is 0.143. The molecule has 21 heavy (non-hydrogen) atoms. The zero-order valence-corrected chi connectivity index (χ0v) is 11.2. The Hall–Kier alpha value is -3.14. The van der Waals surface area contributed by atoms with E-state index in [9.17, 15) is 10.1 Å². The third-order valence-electron chi connectivity index (χ3n) is 2.80. The van der Waals surface area contributed by atoms with E-state index in [1.807, 2.05) is 12.1 Å². The van der Waals surface area contributed by atoms with Crippen molar-refractivity contribution in [2.75, 3.05) is 12.4 Å². The molecule has 0 unspecified atom stereocenters. The number of pyridine rings is 1. The van der Waals surface area contributed by atoms with E-state index in [1.165, 1.54) is 18.2 Å². The Kier molecular flexibility index (Phi) is 4.31. The standard InChI is InChI=1S/C14H12N4O3/c1-16-14-11(3-2-6-17-14)9-21-13-5-4-10(8-15)7-12(13)18(19)20/h2-7H,9H2,1H3,(H,16,17). The van der Waals surface area contributed by atoms with Crippen molar-refractivity contribution in [3.8, 4) is 11.8 Å². The molecule has 2 aromatic rings. The summed E-state index contributed by atoms with van der Waals surface area (Å²) in [5.74, 6) is 0.763. The molecule has 1 aromatic heterocycles. The number of anilines is 1. The highest BCUT2D eigenvalue weighted by atomic mass is 16.6. The third kappa shape index (κ3) is 3.25. The van der Waals surface area contributed by atoms with Crippen LogP contribution in [-0.2, 0) is 6.61 Å². The Balaban J connectivity index is 2.24. The third-order valence-corrected chi connectivity index (χ3v) is 2.80. The topological polar surface area (TPSA) is 101 Å². The maximum absolute atomic E-state index is 11.0. The van der Waals surface area contributed by atoms with Gasteiger partial charge in [0.25, 0.3) is 0 Å². The fourth-order valence-electron chi connectivity index (χ4n) is 1.79. The Morgan fingerprint density at radius 1 is 1.48 bits per heavy atom. The van der Waals surface area contributed by atoms with Crippen molar-refractivity contribution in [1.29, 1.82) is 5.26 Å². The lowest BCUT2D eigenvalue weighted by Gasteiger charge is -2.10. The summed E-state index contributed by atoms with van der Waals surface area (Å²) in [5.41, 5.74) is 0.758. The highest BCUT2D eigenvalue weighted by Crippen LogP contribution is 2.29. The molecule has 0 bridgehead atoms. The zero-order valence-electron chi connectivity index (χ0n) is 11.2. The Labute approximate surface area is 121 Å². The minimum atomic E-state index is -0.571. The van der Waals surface area contributed by atoms with Gasteiger partial charge in [0.05, 0.1) is 16.6 Å². The van der Waals surface area contributed by atoms with Crippen molar-refractivity contribution in [2.45, 2.75) is 6.61 Å². The first-order valence-corrected chi connectivity index (χ1v) is 6.08. The van der Waals surface area contributed by atoms with Crippen LogP contribution in [0.1, 0.15) is 11.1 Å². The summed E-state index contributed by atoms with van der Waals surface area (Å²) in [7, 11) is 1.73. The lowest BCUT2D eigenvalue weighted by atomic mass is 10.2. The van der Waals surface area contributed by atoms with E-state index in [1.54, 1.807) is 19.3 Å². The molecule has 7 nitrogen and oxygen atoms in total. The van der Waals surface area contributed by atoms with Crippen LogP contribution >= 0.6 is 0 Å². The number of hydrogen-bond donors (Lipinski definition) is 1. The Bertz CT molecular complexity index is 710. The van der Waals surface area contributed by atoms with Crippen LogP contribution < -0.4 is 10.1 Å². The van der Waals surface area contributed by atoms with Crippen LogP contribution in [0.5, 0.6) is 5.75 Å². The number of nitro benzene ring substituents is 1. The molecule has 0 aliphatic carbocycles. The number of aromatic nitrogens is 1. The van der Waals surface area contributed by atoms with Crippen molar-refractivity contribution in [3.63, 3.8) is 0 Å². The van der Waals surface area contributed by atoms with Gasteiger partial charge in [0, 0.05) is 24.9 Å². The molecule has 0 spiro atoms. The van der Waals surface area contributed by atoms with Gasteiger partial charge >= 0.3 is 5.69 Å². The molecule has 7 heteroatoms. The van der Waals surface area contributed by atoms with Gasteiger partial charge in [0.1, 0.15) is 12.4 Å². The van der Waals surface area contributed by atoms with Crippen molar-refractivity contribution in [1.82, 2.24) is 4.98 Å². The smallest absolute Gasteiger partial charge is 0.312 e. The molecule has 0 amide bonds. The van der Waals surface area contributed by atoms with Crippen LogP contribution in [0.3, 0.4) is 0 Å². The maximum atomic E-state index is 11.0. The first-order valence-electron chi connectivity index (χ1n) is 6.08. The lowest BCUT2D eigenvalue weighted by molar-refractivity contribution is -0.386. The Morgan fingerprint density at radius 3 is 2.95 bits per heavy atom. The summed E-state index contributed by atoms with van der Waals surface area (Å²) in [5, 5.41) is 22.7. The van der Waals surface area contributed by atoms with Gasteiger partial charge in [-0.2, -0.15) is 5.26 Å². The van der Waals surface area contributed by atoms with Crippen molar-refractivity contribution in [2.24, 2.45) is 0 Å². The van der Waals surface area contributed by atoms with Gasteiger partial charge in [0.15, 0.2) is 5.75 Å². The van der Waals surface area contributed by atoms with Crippen LogP contribution in [0.15, 0.2) is 36.5 Å². The van der Waals surface area contributed by atoms with Crippen LogP contribution in [0.25, 0.3) is 0 Å². The van der Waals surface area contributed by atoms with Gasteiger partial charge in [0.2, 0.25) is 0 Å². The number of rotatable bonds is 5. The average Bonchev–Trinajstić information content (AvgIpc) is 2.52. The minimum absolute atomic E-state index is 0.116. The molecule has 0 saturated carbocycles. The quantitative estimate of drug-likeness (QED) is 0.668. The molecule has 2 rings (SSSR count). The SMILES string of the molecule is CNc1ncccc1COc1ccc(C#N)cc1[N+](=O)[O-]. The zero-order chi connectivity index (χ0) is 15.2. The monoisotopic (exact) mass is 284 g/mol. The molecule has 0 saturated heterocycles. The second kappa shape index (κ2) is 6.34. The fourth-order valence-corrected chi connectivity index (χ4v) is 1.79. The van der Waals surface area contributed by atoms with Crippen LogP contribution in [-0.4, -0.2) is 17.0 Å². The molecule has 0 atom stereocenters. The minimum Gasteiger partial charge on any atom is -0.482 e. The summed E-state index contributed by atoms with van der Waals surface area (Å²) < 4.78 is 5.50. The van der Waals surface area contributed by atoms with Gasteiger partial charge in [-0.3, -0.25) is 10.1 Å². The molecule has 0 radical (unpaired) electrons. The summed E-state index contributed by atoms with van der Waals surface area (Å²) in [6, 6.07) is 9.52. The molecule has 106 valence electrons. The van der Waals surface area contributed by atoms with E-state index in [2.05, 4.69) is 10.3 Å². The normalized spacial score (nSPS) is 9.71. The van der Waals surface area contributed by atoms with E-state index in [0.29, 0.717) is 5.82 Å². The first-order chi connectivity index (χ1) is 10.2. The number of hydrogen-bond acceptors (Lipinski definition) is 6. The van der Waals surface area contributed by atoms with Crippen LogP contribution in [0, 0.1) is 21.4 Å². The Morgan fingerprint density at radius 2 is 2.29 bits per heavy atom. The summed E-state index contributed by atoms with van der Waals surface area (Å²) >= 11 is 0. The maximum Gasteiger partial charge on any atom is 0.312 e. The molecule has 1 heterocycles. The van der Waals surface area contributed by atoms with Gasteiger partial charge in [-0.1, -0.05) is 6.07 Å². The molecule has 1 N–H and O–H groups in total. The number of ether oxygens (including phenoxy) is 1. The van der Waals surface area contributed by atoms with E-state index < -0.39 is 4.92 Å². The second-order valence-corrected chi connectivity index (χ2v) is 4.10. The second-order valence-electron chi connectivity index (χ2n) is 4.10. The summed E-state index contributed by atoms with van der Waals surface area (Å²) in [6.07, 6.45) is 1.64. The molecule has 0 aliphatic heterocycles. The molecular formula is C14H12N4O3. The number of nitro groups is 1. The predicted octanol–water partition coefficient (Wildman–Crippen LogP) is 2.48. The van der Waals surface area contributed by atoms with Crippen LogP contribution in [0.2, 0.25) is 0 Å². The van der Waals surface area contributed by atoms with Crippen molar-refractivity contribution < 1.29 is 9.66 Å². The number of benzene rings is 1. The predicted molar refractivity (Wildman–Crippen MR) is 75.9 cm³/mol. The first kappa shape index (κ1) is 14.3. The van der Waals surface area contributed by atoms with Gasteiger partial charge < -0.3 is 10.1 Å². The van der Waals surface area contributed by atoms with E-state index >= 15 is 0 Å². The van der Waals surface area contributed by atoms with E-state index in [4.69, 9.17) is 10.00 Å². The molecule has 0 fully saturated rings. The van der Waals surface area contributed by atoms with Gasteiger partial charge in [-0.25, -0.2) is 4.98 Å². The summed E-state index contributed by atoms with van der Waals surface area (Å²) in [6.45, 7) is 0.136. The highest BCUT2D eigenvalue weighted by molar-refractivity contribution is 5.52. The molecule has 1 aromatic carbocycles. The highest BCUT2D eigenvalue weighted by Gasteiger charge is 2.16. The number of nitrogens with one attached hydrogen (secondary N) is 1. The van der Waals surface area contributed by atoms with E-state index in [0.717, 1.165) is 5.56 Å². The number of nitriles is 1. The lowest BCUT2D eigenvalue weighted by Crippen LogP contribution is -2.03. The van der Waals surface area contributed by atoms with Crippen LogP contribution in [0.4, 0.5) is 11.5 Å². The van der Waals surface area contributed by atoms with E-state index in [-0.39, 0.29) is 23.6 Å². The van der Waals surface area contributed by atoms with Crippen molar-refractivity contribution >= 4 is 11.5 Å². The largest absolute Gasteiger partial charge is 0.482 e. The average molecular weight is 284 g/mol. The van der Waals surface area contributed by atoms with Gasteiger partial charge in [-0.15, -0.1) is 0 Å². The summed E-state index contributed by atoms with van der Waals surface area (Å²) in [4.78, 5) is 14.6.